The Morgan fingerprint density at radius 3 is 2.74 bits per heavy atom. The molecule has 3 N–H and O–H groups in total. The minimum atomic E-state index is -0.231. The van der Waals surface area contributed by atoms with E-state index in [0.717, 1.165) is 10.0 Å². The molecule has 0 saturated carbocycles. The average Bonchev–Trinajstić information content (AvgIpc) is 2.40. The zero-order chi connectivity index (χ0) is 14.0. The first-order chi connectivity index (χ1) is 9.00. The zero-order valence-corrected chi connectivity index (χ0v) is 12.3. The fourth-order valence-corrected chi connectivity index (χ4v) is 2.25. The van der Waals surface area contributed by atoms with Gasteiger partial charge in [-0.1, -0.05) is 18.2 Å². The summed E-state index contributed by atoms with van der Waals surface area (Å²) >= 11 is 3.45. The summed E-state index contributed by atoms with van der Waals surface area (Å²) in [5, 5.41) is 3.18. The van der Waals surface area contributed by atoms with E-state index in [1.807, 2.05) is 19.9 Å². The lowest BCUT2D eigenvalue weighted by Crippen LogP contribution is -2.11. The molecule has 19 heavy (non-hydrogen) atoms. The van der Waals surface area contributed by atoms with Gasteiger partial charge in [0.05, 0.1) is 22.4 Å². The minimum absolute atomic E-state index is 0.187. The molecule has 0 radical (unpaired) electrons. The molecule has 0 fully saturated rings. The van der Waals surface area contributed by atoms with Gasteiger partial charge >= 0.3 is 0 Å². The zero-order valence-electron chi connectivity index (χ0n) is 10.7. The summed E-state index contributed by atoms with van der Waals surface area (Å²) in [5.74, 6) is 0.424. The van der Waals surface area contributed by atoms with Crippen molar-refractivity contribution < 1.29 is 4.39 Å². The number of halogens is 2. The van der Waals surface area contributed by atoms with Crippen molar-refractivity contribution in [2.75, 3.05) is 11.1 Å². The molecule has 0 aliphatic heterocycles. The van der Waals surface area contributed by atoms with Crippen molar-refractivity contribution in [1.29, 1.82) is 0 Å². The number of anilines is 2. The number of hydrogen-bond donors (Lipinski definition) is 2. The number of rotatable bonds is 3. The van der Waals surface area contributed by atoms with Crippen molar-refractivity contribution in [1.82, 2.24) is 4.98 Å². The Hall–Kier alpha value is -1.62. The maximum atomic E-state index is 13.7. The smallest absolute Gasteiger partial charge is 0.141 e. The third-order valence-electron chi connectivity index (χ3n) is 3.03. The summed E-state index contributed by atoms with van der Waals surface area (Å²) in [7, 11) is 0. The predicted octanol–water partition coefficient (Wildman–Crippen LogP) is 4.05. The number of aromatic nitrogens is 1. The lowest BCUT2D eigenvalue weighted by Gasteiger charge is -2.17. The summed E-state index contributed by atoms with van der Waals surface area (Å²) in [6.07, 6.45) is 1.59. The molecule has 3 nitrogen and oxygen atoms in total. The van der Waals surface area contributed by atoms with E-state index < -0.39 is 0 Å². The molecule has 0 saturated heterocycles. The van der Waals surface area contributed by atoms with Crippen molar-refractivity contribution in [3.8, 4) is 0 Å². The van der Waals surface area contributed by atoms with Crippen LogP contribution in [-0.2, 0) is 0 Å². The van der Waals surface area contributed by atoms with Gasteiger partial charge in [-0.25, -0.2) is 9.37 Å². The van der Waals surface area contributed by atoms with E-state index in [9.17, 15) is 4.39 Å². The molecule has 5 heteroatoms. The highest BCUT2D eigenvalue weighted by Crippen LogP contribution is 2.30. The maximum absolute atomic E-state index is 13.7. The minimum Gasteiger partial charge on any atom is -0.397 e. The first-order valence-electron chi connectivity index (χ1n) is 5.92. The van der Waals surface area contributed by atoms with Crippen molar-refractivity contribution in [2.45, 2.75) is 19.9 Å². The molecular formula is C14H15BrFN3. The highest BCUT2D eigenvalue weighted by atomic mass is 79.9. The average molecular weight is 324 g/mol. The van der Waals surface area contributed by atoms with Crippen molar-refractivity contribution >= 4 is 27.4 Å². The van der Waals surface area contributed by atoms with Crippen LogP contribution in [0.4, 0.5) is 15.9 Å². The van der Waals surface area contributed by atoms with Gasteiger partial charge in [-0.15, -0.1) is 0 Å². The Morgan fingerprint density at radius 2 is 2.05 bits per heavy atom. The van der Waals surface area contributed by atoms with E-state index >= 15 is 0 Å². The molecule has 1 unspecified atom stereocenters. The highest BCUT2D eigenvalue weighted by molar-refractivity contribution is 9.10. The third-order valence-corrected chi connectivity index (χ3v) is 4.00. The molecular weight excluding hydrogens is 309 g/mol. The Labute approximate surface area is 120 Å². The molecule has 1 aromatic carbocycles. The first kappa shape index (κ1) is 13.8. The van der Waals surface area contributed by atoms with Gasteiger partial charge in [-0.05, 0) is 41.4 Å². The number of nitrogens with zero attached hydrogens (tertiary/aromatic N) is 1. The second-order valence-corrected chi connectivity index (χ2v) is 5.18. The number of nitrogen functional groups attached to an aromatic ring is 1. The number of nitrogens with one attached hydrogen (secondary N) is 1. The van der Waals surface area contributed by atoms with E-state index in [1.165, 1.54) is 6.07 Å². The van der Waals surface area contributed by atoms with Gasteiger partial charge < -0.3 is 11.1 Å². The quantitative estimate of drug-likeness (QED) is 0.896. The number of benzene rings is 1. The predicted molar refractivity (Wildman–Crippen MR) is 79.5 cm³/mol. The molecule has 1 aromatic heterocycles. The van der Waals surface area contributed by atoms with E-state index in [-0.39, 0.29) is 11.9 Å². The van der Waals surface area contributed by atoms with Crippen LogP contribution in [0.2, 0.25) is 0 Å². The lowest BCUT2D eigenvalue weighted by molar-refractivity contribution is 0.600. The van der Waals surface area contributed by atoms with E-state index in [1.54, 1.807) is 18.3 Å². The Kier molecular flexibility index (Phi) is 4.04. The molecule has 0 spiro atoms. The fourth-order valence-electron chi connectivity index (χ4n) is 1.80. The van der Waals surface area contributed by atoms with Gasteiger partial charge in [-0.2, -0.15) is 0 Å². The van der Waals surface area contributed by atoms with Crippen molar-refractivity contribution in [3.63, 3.8) is 0 Å². The molecule has 1 atom stereocenters. The topological polar surface area (TPSA) is 50.9 Å². The Bertz CT molecular complexity index is 601. The van der Waals surface area contributed by atoms with Gasteiger partial charge in [-0.3, -0.25) is 0 Å². The van der Waals surface area contributed by atoms with E-state index in [0.29, 0.717) is 17.1 Å². The molecule has 0 aliphatic rings. The van der Waals surface area contributed by atoms with Crippen molar-refractivity contribution in [3.05, 3.63) is 51.9 Å². The lowest BCUT2D eigenvalue weighted by atomic mass is 10.1. The van der Waals surface area contributed by atoms with Crippen LogP contribution in [0.5, 0.6) is 0 Å². The normalized spacial score (nSPS) is 12.2. The highest BCUT2D eigenvalue weighted by Gasteiger charge is 2.13. The largest absolute Gasteiger partial charge is 0.397 e. The Balaban J connectivity index is 2.27. The molecule has 0 amide bonds. The van der Waals surface area contributed by atoms with E-state index in [2.05, 4.69) is 26.2 Å². The van der Waals surface area contributed by atoms with Crippen LogP contribution in [0, 0.1) is 12.7 Å². The number of nitrogens with two attached hydrogens (primary N) is 1. The van der Waals surface area contributed by atoms with Crippen molar-refractivity contribution in [2.24, 2.45) is 0 Å². The second-order valence-electron chi connectivity index (χ2n) is 4.39. The Morgan fingerprint density at radius 1 is 1.37 bits per heavy atom. The van der Waals surface area contributed by atoms with Crippen LogP contribution >= 0.6 is 15.9 Å². The summed E-state index contributed by atoms with van der Waals surface area (Å²) in [4.78, 5) is 4.23. The van der Waals surface area contributed by atoms with Gasteiger partial charge in [0.2, 0.25) is 0 Å². The molecule has 2 aromatic rings. The van der Waals surface area contributed by atoms with Gasteiger partial charge in [0.25, 0.3) is 0 Å². The van der Waals surface area contributed by atoms with Crippen LogP contribution in [0.15, 0.2) is 34.9 Å². The summed E-state index contributed by atoms with van der Waals surface area (Å²) in [6.45, 7) is 3.79. The van der Waals surface area contributed by atoms with E-state index in [4.69, 9.17) is 5.73 Å². The standard InChI is InChI=1S/C14H15BrFN3/c1-8-12(17)7-18-14(13(8)15)19-9(2)10-5-3-4-6-11(10)16/h3-7,9H,17H2,1-2H3,(H,18,19). The summed E-state index contributed by atoms with van der Waals surface area (Å²) in [6, 6.07) is 6.50. The summed E-state index contributed by atoms with van der Waals surface area (Å²) < 4.78 is 14.5. The molecule has 2 rings (SSSR count). The SMILES string of the molecule is Cc1c(N)cnc(NC(C)c2ccccc2F)c1Br. The maximum Gasteiger partial charge on any atom is 0.141 e. The molecule has 1 heterocycles. The van der Waals surface area contributed by atoms with Gasteiger partial charge in [0.1, 0.15) is 11.6 Å². The second kappa shape index (κ2) is 5.57. The van der Waals surface area contributed by atoms with Gasteiger partial charge in [0, 0.05) is 5.56 Å². The monoisotopic (exact) mass is 323 g/mol. The first-order valence-corrected chi connectivity index (χ1v) is 6.71. The number of hydrogen-bond acceptors (Lipinski definition) is 3. The number of pyridine rings is 1. The molecule has 0 aliphatic carbocycles. The molecule has 100 valence electrons. The van der Waals surface area contributed by atoms with Crippen LogP contribution in [0.25, 0.3) is 0 Å². The molecule has 0 bridgehead atoms. The van der Waals surface area contributed by atoms with Crippen LogP contribution in [-0.4, -0.2) is 4.98 Å². The van der Waals surface area contributed by atoms with Crippen LogP contribution < -0.4 is 11.1 Å². The summed E-state index contributed by atoms with van der Waals surface area (Å²) in [5.41, 5.74) is 7.91. The fraction of sp³-hybridized carbons (Fsp3) is 0.214. The third kappa shape index (κ3) is 2.87. The van der Waals surface area contributed by atoms with Crippen LogP contribution in [0.3, 0.4) is 0 Å². The van der Waals surface area contributed by atoms with Gasteiger partial charge in [0.15, 0.2) is 0 Å². The van der Waals surface area contributed by atoms with Crippen LogP contribution in [0.1, 0.15) is 24.1 Å².